The van der Waals surface area contributed by atoms with E-state index in [9.17, 15) is 9.59 Å². The number of nitrogen functional groups attached to an aromatic ring is 1. The number of benzene rings is 3. The van der Waals surface area contributed by atoms with Crippen LogP contribution in [0.4, 0.5) is 0 Å². The quantitative estimate of drug-likeness (QED) is 0.351. The van der Waals surface area contributed by atoms with E-state index in [1.807, 2.05) is 30.3 Å². The molecule has 116 valence electrons. The number of nitrogens with zero attached hydrogens (tertiary/aromatic N) is 1. The largest absolute Gasteiger partial charge is 0.339 e. The van der Waals surface area contributed by atoms with E-state index in [4.69, 9.17) is 5.84 Å². The van der Waals surface area contributed by atoms with Crippen molar-refractivity contribution < 1.29 is 4.79 Å². The van der Waals surface area contributed by atoms with Crippen LogP contribution < -0.4 is 11.3 Å². The van der Waals surface area contributed by atoms with Crippen LogP contribution in [-0.4, -0.2) is 10.5 Å². The van der Waals surface area contributed by atoms with Crippen LogP contribution in [0.5, 0.6) is 0 Å². The first-order valence-corrected chi connectivity index (χ1v) is 7.59. The number of fused-ring (bicyclic) bond motifs is 2. The number of hydrogen-bond donors (Lipinski definition) is 1. The van der Waals surface area contributed by atoms with Crippen molar-refractivity contribution >= 4 is 27.6 Å². The monoisotopic (exact) mass is 314 g/mol. The van der Waals surface area contributed by atoms with Gasteiger partial charge in [0.05, 0.1) is 11.0 Å². The summed E-state index contributed by atoms with van der Waals surface area (Å²) in [5.74, 6) is 6.10. The zero-order valence-electron chi connectivity index (χ0n) is 12.8. The van der Waals surface area contributed by atoms with Crippen LogP contribution in [-0.2, 0) is 0 Å². The van der Waals surface area contributed by atoms with Crippen molar-refractivity contribution in [2.45, 2.75) is 0 Å². The number of carbonyl (C=O) groups is 1. The average molecular weight is 314 g/mol. The number of nitrogens with two attached hydrogens (primary N) is 1. The Morgan fingerprint density at radius 3 is 2.21 bits per heavy atom. The molecule has 1 aromatic heterocycles. The standard InChI is InChI=1S/C20H14N2O2/c21-22-17-9-5-4-8-15(17)20(24)16-11-10-14(12-18(16)22)19(23)13-6-2-1-3-7-13/h1-12H,21H2. The van der Waals surface area contributed by atoms with Gasteiger partial charge in [-0.25, -0.2) is 0 Å². The van der Waals surface area contributed by atoms with Crippen molar-refractivity contribution in [2.24, 2.45) is 0 Å². The maximum absolute atomic E-state index is 12.6. The predicted octanol–water partition coefficient (Wildman–Crippen LogP) is 3.10. The fourth-order valence-electron chi connectivity index (χ4n) is 2.97. The number of carbonyl (C=O) groups excluding carboxylic acids is 1. The number of hydrogen-bond acceptors (Lipinski definition) is 3. The van der Waals surface area contributed by atoms with Crippen LogP contribution in [0, 0.1) is 0 Å². The third-order valence-electron chi connectivity index (χ3n) is 4.21. The summed E-state index contributed by atoms with van der Waals surface area (Å²) in [7, 11) is 0. The molecule has 4 rings (SSSR count). The summed E-state index contributed by atoms with van der Waals surface area (Å²) in [6, 6.07) is 21.2. The number of para-hydroxylation sites is 1. The van der Waals surface area contributed by atoms with Crippen molar-refractivity contribution in [3.05, 3.63) is 94.1 Å². The molecule has 0 atom stereocenters. The fourth-order valence-corrected chi connectivity index (χ4v) is 2.97. The van der Waals surface area contributed by atoms with Crippen molar-refractivity contribution in [2.75, 3.05) is 5.84 Å². The summed E-state index contributed by atoms with van der Waals surface area (Å²) in [6.45, 7) is 0. The number of aromatic nitrogens is 1. The van der Waals surface area contributed by atoms with Gasteiger partial charge in [-0.05, 0) is 24.3 Å². The van der Waals surface area contributed by atoms with Gasteiger partial charge in [-0.3, -0.25) is 14.3 Å². The molecule has 0 amide bonds. The molecule has 0 unspecified atom stereocenters. The predicted molar refractivity (Wildman–Crippen MR) is 95.7 cm³/mol. The molecule has 4 aromatic rings. The Morgan fingerprint density at radius 2 is 1.42 bits per heavy atom. The molecule has 1 heterocycles. The lowest BCUT2D eigenvalue weighted by atomic mass is 10.0. The van der Waals surface area contributed by atoms with Crippen LogP contribution in [0.3, 0.4) is 0 Å². The molecular formula is C20H14N2O2. The Labute approximate surface area is 137 Å². The van der Waals surface area contributed by atoms with Gasteiger partial charge in [0.2, 0.25) is 0 Å². The van der Waals surface area contributed by atoms with Gasteiger partial charge in [0, 0.05) is 21.9 Å². The molecule has 0 aliphatic carbocycles. The van der Waals surface area contributed by atoms with Gasteiger partial charge in [0.25, 0.3) is 0 Å². The number of pyridine rings is 1. The van der Waals surface area contributed by atoms with Crippen molar-refractivity contribution in [3.63, 3.8) is 0 Å². The zero-order chi connectivity index (χ0) is 16.7. The van der Waals surface area contributed by atoms with E-state index in [0.717, 1.165) is 0 Å². The third kappa shape index (κ3) is 2.08. The van der Waals surface area contributed by atoms with E-state index in [0.29, 0.717) is 32.9 Å². The molecule has 4 nitrogen and oxygen atoms in total. The summed E-state index contributed by atoms with van der Waals surface area (Å²) in [6.07, 6.45) is 0. The van der Waals surface area contributed by atoms with E-state index >= 15 is 0 Å². The zero-order valence-corrected chi connectivity index (χ0v) is 12.8. The van der Waals surface area contributed by atoms with Crippen LogP contribution >= 0.6 is 0 Å². The van der Waals surface area contributed by atoms with E-state index in [2.05, 4.69) is 0 Å². The van der Waals surface area contributed by atoms with E-state index in [-0.39, 0.29) is 11.2 Å². The van der Waals surface area contributed by atoms with Gasteiger partial charge in [0.1, 0.15) is 0 Å². The second kappa shape index (κ2) is 5.35. The van der Waals surface area contributed by atoms with Crippen LogP contribution in [0.2, 0.25) is 0 Å². The van der Waals surface area contributed by atoms with E-state index in [1.54, 1.807) is 42.5 Å². The molecule has 3 aromatic carbocycles. The summed E-state index contributed by atoms with van der Waals surface area (Å²) in [5.41, 5.74) is 2.20. The highest BCUT2D eigenvalue weighted by Gasteiger charge is 2.13. The molecule has 24 heavy (non-hydrogen) atoms. The van der Waals surface area contributed by atoms with Crippen molar-refractivity contribution in [3.8, 4) is 0 Å². The molecule has 0 saturated heterocycles. The normalized spacial score (nSPS) is 11.0. The van der Waals surface area contributed by atoms with Crippen LogP contribution in [0.15, 0.2) is 77.6 Å². The highest BCUT2D eigenvalue weighted by atomic mass is 16.1. The van der Waals surface area contributed by atoms with Crippen molar-refractivity contribution in [1.29, 1.82) is 0 Å². The van der Waals surface area contributed by atoms with Gasteiger partial charge in [-0.15, -0.1) is 0 Å². The molecule has 0 radical (unpaired) electrons. The molecule has 0 aliphatic rings. The first-order valence-electron chi connectivity index (χ1n) is 7.59. The Morgan fingerprint density at radius 1 is 0.750 bits per heavy atom. The molecule has 0 fully saturated rings. The topological polar surface area (TPSA) is 65.1 Å². The SMILES string of the molecule is Nn1c2ccccc2c(=O)c2ccc(C(=O)c3ccccc3)cc21. The van der Waals surface area contributed by atoms with Gasteiger partial charge in [-0.2, -0.15) is 0 Å². The first kappa shape index (κ1) is 14.2. The Balaban J connectivity index is 1.99. The molecule has 0 aliphatic heterocycles. The smallest absolute Gasteiger partial charge is 0.197 e. The van der Waals surface area contributed by atoms with E-state index < -0.39 is 0 Å². The summed E-state index contributed by atoms with van der Waals surface area (Å²) < 4.78 is 1.47. The van der Waals surface area contributed by atoms with E-state index in [1.165, 1.54) is 4.68 Å². The summed E-state index contributed by atoms with van der Waals surface area (Å²) >= 11 is 0. The van der Waals surface area contributed by atoms with Crippen molar-refractivity contribution in [1.82, 2.24) is 4.68 Å². The highest BCUT2D eigenvalue weighted by molar-refractivity contribution is 6.10. The minimum Gasteiger partial charge on any atom is -0.339 e. The van der Waals surface area contributed by atoms with Gasteiger partial charge < -0.3 is 5.84 Å². The third-order valence-corrected chi connectivity index (χ3v) is 4.21. The molecule has 0 saturated carbocycles. The average Bonchev–Trinajstić information content (AvgIpc) is 2.66. The van der Waals surface area contributed by atoms with Gasteiger partial charge in [0.15, 0.2) is 11.2 Å². The highest BCUT2D eigenvalue weighted by Crippen LogP contribution is 2.19. The molecule has 0 spiro atoms. The fraction of sp³-hybridized carbons (Fsp3) is 0. The molecule has 2 N–H and O–H groups in total. The Bertz CT molecular complexity index is 1140. The maximum atomic E-state index is 12.6. The lowest BCUT2D eigenvalue weighted by Crippen LogP contribution is -2.17. The lowest BCUT2D eigenvalue weighted by molar-refractivity contribution is 0.103. The maximum Gasteiger partial charge on any atom is 0.197 e. The second-order valence-electron chi connectivity index (χ2n) is 5.64. The minimum absolute atomic E-state index is 0.0824. The molecule has 4 heteroatoms. The number of rotatable bonds is 2. The first-order chi connectivity index (χ1) is 11.7. The lowest BCUT2D eigenvalue weighted by Gasteiger charge is -2.11. The summed E-state index contributed by atoms with van der Waals surface area (Å²) in [5, 5.41) is 1.07. The van der Waals surface area contributed by atoms with Crippen LogP contribution in [0.1, 0.15) is 15.9 Å². The summed E-state index contributed by atoms with van der Waals surface area (Å²) in [4.78, 5) is 25.3. The molecule has 0 bridgehead atoms. The van der Waals surface area contributed by atoms with Crippen LogP contribution in [0.25, 0.3) is 21.8 Å². The minimum atomic E-state index is -0.0990. The number of ketones is 1. The Hall–Kier alpha value is -3.40. The molecular weight excluding hydrogens is 300 g/mol. The Kier molecular flexibility index (Phi) is 3.17. The van der Waals surface area contributed by atoms with Gasteiger partial charge in [-0.1, -0.05) is 48.5 Å². The second-order valence-corrected chi connectivity index (χ2v) is 5.64. The van der Waals surface area contributed by atoms with Gasteiger partial charge >= 0.3 is 0 Å².